The molecule has 0 saturated carbocycles. The van der Waals surface area contributed by atoms with Crippen molar-refractivity contribution in [1.82, 2.24) is 14.7 Å². The van der Waals surface area contributed by atoms with Crippen molar-refractivity contribution in [1.29, 1.82) is 0 Å². The van der Waals surface area contributed by atoms with Gasteiger partial charge in [0, 0.05) is 39.1 Å². The summed E-state index contributed by atoms with van der Waals surface area (Å²) in [4.78, 5) is 30.0. The summed E-state index contributed by atoms with van der Waals surface area (Å²) < 4.78 is 0. The Morgan fingerprint density at radius 2 is 1.80 bits per heavy atom. The first kappa shape index (κ1) is 15.3. The van der Waals surface area contributed by atoms with E-state index in [1.165, 1.54) is 12.8 Å². The van der Waals surface area contributed by atoms with Crippen LogP contribution in [-0.4, -0.2) is 79.4 Å². The summed E-state index contributed by atoms with van der Waals surface area (Å²) in [6.07, 6.45) is 3.04. The molecule has 0 spiro atoms. The zero-order chi connectivity index (χ0) is 14.5. The second-order valence-electron chi connectivity index (χ2n) is 6.00. The van der Waals surface area contributed by atoms with Crippen molar-refractivity contribution in [2.24, 2.45) is 11.7 Å². The summed E-state index contributed by atoms with van der Waals surface area (Å²) in [7, 11) is 1.97. The highest BCUT2D eigenvalue weighted by atomic mass is 16.2. The van der Waals surface area contributed by atoms with Gasteiger partial charge in [0.25, 0.3) is 0 Å². The highest BCUT2D eigenvalue weighted by Crippen LogP contribution is 2.11. The van der Waals surface area contributed by atoms with E-state index in [0.29, 0.717) is 26.1 Å². The van der Waals surface area contributed by atoms with Crippen molar-refractivity contribution in [2.45, 2.75) is 19.3 Å². The molecule has 0 aromatic heterocycles. The van der Waals surface area contributed by atoms with Gasteiger partial charge in [-0.1, -0.05) is 0 Å². The molecule has 0 radical (unpaired) electrons. The topological polar surface area (TPSA) is 69.9 Å². The number of hydrogen-bond acceptors (Lipinski definition) is 4. The molecule has 114 valence electrons. The highest BCUT2D eigenvalue weighted by Gasteiger charge is 2.27. The molecule has 2 N–H and O–H groups in total. The number of amides is 2. The Morgan fingerprint density at radius 3 is 2.45 bits per heavy atom. The van der Waals surface area contributed by atoms with Crippen molar-refractivity contribution in [3.8, 4) is 0 Å². The van der Waals surface area contributed by atoms with Gasteiger partial charge in [-0.05, 0) is 33.0 Å². The standard InChI is InChI=1S/C14H26N4O2/c1-16-8-9-18(11-12(10-16)14(15)20)13(19)4-7-17-5-2-3-6-17/h12H,2-11H2,1H3,(H2,15,20)/t12-/m0/s1. The minimum atomic E-state index is -0.309. The van der Waals surface area contributed by atoms with Gasteiger partial charge in [0.15, 0.2) is 0 Å². The number of nitrogens with zero attached hydrogens (tertiary/aromatic N) is 3. The minimum Gasteiger partial charge on any atom is -0.369 e. The molecule has 0 bridgehead atoms. The number of nitrogens with two attached hydrogens (primary N) is 1. The molecule has 0 aliphatic carbocycles. The number of rotatable bonds is 4. The van der Waals surface area contributed by atoms with E-state index < -0.39 is 0 Å². The quantitative estimate of drug-likeness (QED) is 0.744. The summed E-state index contributed by atoms with van der Waals surface area (Å²) in [5.41, 5.74) is 5.42. The summed E-state index contributed by atoms with van der Waals surface area (Å²) in [5.74, 6) is -0.409. The molecule has 6 nitrogen and oxygen atoms in total. The van der Waals surface area contributed by atoms with Gasteiger partial charge in [-0.2, -0.15) is 0 Å². The van der Waals surface area contributed by atoms with E-state index in [1.54, 1.807) is 0 Å². The normalized spacial score (nSPS) is 25.6. The zero-order valence-corrected chi connectivity index (χ0v) is 12.4. The molecule has 6 heteroatoms. The van der Waals surface area contributed by atoms with Gasteiger partial charge >= 0.3 is 0 Å². The summed E-state index contributed by atoms with van der Waals surface area (Å²) in [6.45, 7) is 5.67. The van der Waals surface area contributed by atoms with Crippen LogP contribution in [0.4, 0.5) is 0 Å². The average molecular weight is 282 g/mol. The molecule has 20 heavy (non-hydrogen) atoms. The third-order valence-electron chi connectivity index (χ3n) is 4.32. The third-order valence-corrected chi connectivity index (χ3v) is 4.32. The van der Waals surface area contributed by atoms with E-state index in [9.17, 15) is 9.59 Å². The molecule has 0 aromatic carbocycles. The van der Waals surface area contributed by atoms with E-state index in [0.717, 1.165) is 26.2 Å². The maximum Gasteiger partial charge on any atom is 0.223 e. The van der Waals surface area contributed by atoms with E-state index in [-0.39, 0.29) is 17.7 Å². The van der Waals surface area contributed by atoms with Gasteiger partial charge in [0.2, 0.25) is 11.8 Å². The van der Waals surface area contributed by atoms with Crippen molar-refractivity contribution < 1.29 is 9.59 Å². The van der Waals surface area contributed by atoms with Crippen LogP contribution in [-0.2, 0) is 9.59 Å². The summed E-state index contributed by atoms with van der Waals surface area (Å²) in [5, 5.41) is 0. The lowest BCUT2D eigenvalue weighted by Gasteiger charge is -2.24. The predicted molar refractivity (Wildman–Crippen MR) is 77.1 cm³/mol. The number of likely N-dealkylation sites (tertiary alicyclic amines) is 1. The lowest BCUT2D eigenvalue weighted by atomic mass is 10.1. The molecular weight excluding hydrogens is 256 g/mol. The Morgan fingerprint density at radius 1 is 1.10 bits per heavy atom. The lowest BCUT2D eigenvalue weighted by molar-refractivity contribution is -0.132. The summed E-state index contributed by atoms with van der Waals surface area (Å²) in [6, 6.07) is 0. The van der Waals surface area contributed by atoms with Gasteiger partial charge in [-0.25, -0.2) is 0 Å². The first-order valence-corrected chi connectivity index (χ1v) is 7.54. The van der Waals surface area contributed by atoms with E-state index in [4.69, 9.17) is 5.73 Å². The molecule has 2 rings (SSSR count). The largest absolute Gasteiger partial charge is 0.369 e. The molecule has 2 saturated heterocycles. The van der Waals surface area contributed by atoms with Crippen molar-refractivity contribution in [2.75, 3.05) is 52.9 Å². The minimum absolute atomic E-state index is 0.151. The molecule has 2 amide bonds. The van der Waals surface area contributed by atoms with Gasteiger partial charge in [0.1, 0.15) is 0 Å². The highest BCUT2D eigenvalue weighted by molar-refractivity contribution is 5.80. The smallest absolute Gasteiger partial charge is 0.223 e. The molecule has 0 aromatic rings. The SMILES string of the molecule is CN1CCN(C(=O)CCN2CCCC2)C[C@@H](C(N)=O)C1. The molecule has 2 aliphatic heterocycles. The number of hydrogen-bond donors (Lipinski definition) is 1. The molecule has 0 unspecified atom stereocenters. The molecule has 2 aliphatic rings. The Hall–Kier alpha value is -1.14. The fraction of sp³-hybridized carbons (Fsp3) is 0.857. The van der Waals surface area contributed by atoms with Crippen LogP contribution in [0.5, 0.6) is 0 Å². The average Bonchev–Trinajstić information content (AvgIpc) is 2.84. The van der Waals surface area contributed by atoms with Crippen LogP contribution in [0.15, 0.2) is 0 Å². The summed E-state index contributed by atoms with van der Waals surface area (Å²) >= 11 is 0. The predicted octanol–water partition coefficient (Wildman–Crippen LogP) is -0.652. The second kappa shape index (κ2) is 7.04. The van der Waals surface area contributed by atoms with Crippen LogP contribution in [0.25, 0.3) is 0 Å². The number of likely N-dealkylation sites (N-methyl/N-ethyl adjacent to an activating group) is 1. The molecule has 2 fully saturated rings. The van der Waals surface area contributed by atoms with E-state index in [2.05, 4.69) is 9.80 Å². The van der Waals surface area contributed by atoms with Crippen molar-refractivity contribution >= 4 is 11.8 Å². The zero-order valence-electron chi connectivity index (χ0n) is 12.4. The van der Waals surface area contributed by atoms with Crippen LogP contribution in [0.3, 0.4) is 0 Å². The van der Waals surface area contributed by atoms with E-state index in [1.807, 2.05) is 11.9 Å². The van der Waals surface area contributed by atoms with Crippen molar-refractivity contribution in [3.05, 3.63) is 0 Å². The van der Waals surface area contributed by atoms with Gasteiger partial charge in [-0.3, -0.25) is 9.59 Å². The Bertz CT molecular complexity index is 355. The Balaban J connectivity index is 1.85. The van der Waals surface area contributed by atoms with Crippen LogP contribution < -0.4 is 5.73 Å². The van der Waals surface area contributed by atoms with Crippen molar-refractivity contribution in [3.63, 3.8) is 0 Å². The fourth-order valence-corrected chi connectivity index (χ4v) is 3.00. The number of primary amides is 1. The second-order valence-corrected chi connectivity index (χ2v) is 6.00. The van der Waals surface area contributed by atoms with Crippen LogP contribution in [0.1, 0.15) is 19.3 Å². The fourth-order valence-electron chi connectivity index (χ4n) is 3.00. The van der Waals surface area contributed by atoms with Crippen LogP contribution >= 0.6 is 0 Å². The Kier molecular flexibility index (Phi) is 5.37. The van der Waals surface area contributed by atoms with Crippen LogP contribution in [0.2, 0.25) is 0 Å². The number of carbonyl (C=O) groups excluding carboxylic acids is 2. The molecular formula is C14H26N4O2. The molecule has 2 heterocycles. The maximum atomic E-state index is 12.3. The van der Waals surface area contributed by atoms with Gasteiger partial charge in [0.05, 0.1) is 5.92 Å². The van der Waals surface area contributed by atoms with Gasteiger partial charge < -0.3 is 20.4 Å². The number of carbonyl (C=O) groups is 2. The first-order valence-electron chi connectivity index (χ1n) is 7.54. The first-order chi connectivity index (χ1) is 9.56. The molecule has 1 atom stereocenters. The third kappa shape index (κ3) is 4.18. The van der Waals surface area contributed by atoms with E-state index >= 15 is 0 Å². The lowest BCUT2D eigenvalue weighted by Crippen LogP contribution is -2.41. The Labute approximate surface area is 120 Å². The van der Waals surface area contributed by atoms with Gasteiger partial charge in [-0.15, -0.1) is 0 Å². The monoisotopic (exact) mass is 282 g/mol. The maximum absolute atomic E-state index is 12.3. The van der Waals surface area contributed by atoms with Crippen LogP contribution in [0, 0.1) is 5.92 Å².